The summed E-state index contributed by atoms with van der Waals surface area (Å²) in [5, 5.41) is 0. The molecule has 2 N–H and O–H groups in total. The van der Waals surface area contributed by atoms with Crippen LogP contribution in [0.1, 0.15) is 31.5 Å². The maximum Gasteiger partial charge on any atom is 0.188 e. The second-order valence-corrected chi connectivity index (χ2v) is 3.00. The number of ether oxygens (including phenoxy) is 2. The van der Waals surface area contributed by atoms with Crippen molar-refractivity contribution in [2.45, 2.75) is 27.1 Å². The lowest BCUT2D eigenvalue weighted by molar-refractivity contribution is -0.140. The molecule has 0 atom stereocenters. The standard InChI is InChI=1S/C10H17N3O2/c1-4-14-10(15-5-2)8-6-12-7(3)13-9(8)11/h6,10H,4-5H2,1-3H3,(H2,11,12,13). The van der Waals surface area contributed by atoms with Gasteiger partial charge in [0.2, 0.25) is 0 Å². The molecule has 1 aromatic rings. The summed E-state index contributed by atoms with van der Waals surface area (Å²) in [5.41, 5.74) is 6.46. The highest BCUT2D eigenvalue weighted by Gasteiger charge is 2.15. The van der Waals surface area contributed by atoms with E-state index in [0.29, 0.717) is 30.4 Å². The average Bonchev–Trinajstić information content (AvgIpc) is 2.17. The number of aromatic nitrogens is 2. The smallest absolute Gasteiger partial charge is 0.188 e. The van der Waals surface area contributed by atoms with Gasteiger partial charge in [0.15, 0.2) is 6.29 Å². The average molecular weight is 211 g/mol. The van der Waals surface area contributed by atoms with Crippen LogP contribution in [0.4, 0.5) is 5.82 Å². The molecule has 1 heterocycles. The number of anilines is 1. The molecule has 0 saturated carbocycles. The third-order valence-corrected chi connectivity index (χ3v) is 1.86. The van der Waals surface area contributed by atoms with E-state index in [1.165, 1.54) is 0 Å². The van der Waals surface area contributed by atoms with Crippen LogP contribution in [0.25, 0.3) is 0 Å². The summed E-state index contributed by atoms with van der Waals surface area (Å²) in [6.07, 6.45) is 1.17. The lowest BCUT2D eigenvalue weighted by Crippen LogP contribution is -2.13. The molecule has 0 spiro atoms. The van der Waals surface area contributed by atoms with E-state index in [1.54, 1.807) is 13.1 Å². The zero-order valence-corrected chi connectivity index (χ0v) is 9.36. The van der Waals surface area contributed by atoms with Gasteiger partial charge >= 0.3 is 0 Å². The van der Waals surface area contributed by atoms with E-state index in [-0.39, 0.29) is 0 Å². The second-order valence-electron chi connectivity index (χ2n) is 3.00. The van der Waals surface area contributed by atoms with E-state index in [9.17, 15) is 0 Å². The van der Waals surface area contributed by atoms with E-state index in [4.69, 9.17) is 15.2 Å². The molecule has 0 radical (unpaired) electrons. The van der Waals surface area contributed by atoms with Crippen LogP contribution in [0.2, 0.25) is 0 Å². The lowest BCUT2D eigenvalue weighted by atomic mass is 10.3. The molecule has 1 rings (SSSR count). The van der Waals surface area contributed by atoms with Crippen LogP contribution >= 0.6 is 0 Å². The molecule has 15 heavy (non-hydrogen) atoms. The van der Waals surface area contributed by atoms with E-state index in [2.05, 4.69) is 9.97 Å². The molecule has 0 saturated heterocycles. The predicted octanol–water partition coefficient (Wildman–Crippen LogP) is 1.44. The van der Waals surface area contributed by atoms with Gasteiger partial charge in [0.25, 0.3) is 0 Å². The summed E-state index contributed by atoms with van der Waals surface area (Å²) in [4.78, 5) is 8.14. The van der Waals surface area contributed by atoms with Gasteiger partial charge in [-0.2, -0.15) is 0 Å². The highest BCUT2D eigenvalue weighted by atomic mass is 16.7. The highest BCUT2D eigenvalue weighted by molar-refractivity contribution is 5.38. The van der Waals surface area contributed by atoms with Crippen molar-refractivity contribution in [1.29, 1.82) is 0 Å². The van der Waals surface area contributed by atoms with Crippen molar-refractivity contribution in [3.05, 3.63) is 17.6 Å². The molecule has 0 aliphatic rings. The van der Waals surface area contributed by atoms with E-state index >= 15 is 0 Å². The molecule has 0 bridgehead atoms. The van der Waals surface area contributed by atoms with E-state index < -0.39 is 6.29 Å². The number of nitrogens with two attached hydrogens (primary N) is 1. The van der Waals surface area contributed by atoms with Gasteiger partial charge in [-0.05, 0) is 20.8 Å². The Kier molecular flexibility index (Phi) is 4.45. The first kappa shape index (κ1) is 11.9. The van der Waals surface area contributed by atoms with Gasteiger partial charge in [0, 0.05) is 19.4 Å². The summed E-state index contributed by atoms with van der Waals surface area (Å²) in [7, 11) is 0. The fourth-order valence-corrected chi connectivity index (χ4v) is 1.21. The molecular formula is C10H17N3O2. The van der Waals surface area contributed by atoms with Gasteiger partial charge in [0.1, 0.15) is 11.6 Å². The van der Waals surface area contributed by atoms with Gasteiger partial charge < -0.3 is 15.2 Å². The molecule has 0 unspecified atom stereocenters. The van der Waals surface area contributed by atoms with Gasteiger partial charge in [-0.1, -0.05) is 0 Å². The Bertz CT molecular complexity index is 312. The monoisotopic (exact) mass is 211 g/mol. The first-order valence-electron chi connectivity index (χ1n) is 5.01. The molecule has 5 nitrogen and oxygen atoms in total. The summed E-state index contributed by atoms with van der Waals surface area (Å²) in [5.74, 6) is 1.05. The molecule has 0 aliphatic carbocycles. The van der Waals surface area contributed by atoms with Crippen LogP contribution in [-0.4, -0.2) is 23.2 Å². The van der Waals surface area contributed by atoms with Crippen molar-refractivity contribution < 1.29 is 9.47 Å². The number of nitrogen functional groups attached to an aromatic ring is 1. The summed E-state index contributed by atoms with van der Waals surface area (Å²) < 4.78 is 10.8. The number of aryl methyl sites for hydroxylation is 1. The Hall–Kier alpha value is -1.20. The third kappa shape index (κ3) is 3.14. The second kappa shape index (κ2) is 5.63. The fraction of sp³-hybridized carbons (Fsp3) is 0.600. The highest BCUT2D eigenvalue weighted by Crippen LogP contribution is 2.22. The summed E-state index contributed by atoms with van der Waals surface area (Å²) in [6, 6.07) is 0. The van der Waals surface area contributed by atoms with Crippen molar-refractivity contribution in [2.75, 3.05) is 18.9 Å². The minimum atomic E-state index is -0.472. The number of hydrogen-bond acceptors (Lipinski definition) is 5. The van der Waals surface area contributed by atoms with Crippen molar-refractivity contribution in [1.82, 2.24) is 9.97 Å². The van der Waals surface area contributed by atoms with Gasteiger partial charge in [0.05, 0.1) is 5.56 Å². The Morgan fingerprint density at radius 3 is 2.40 bits per heavy atom. The topological polar surface area (TPSA) is 70.3 Å². The maximum atomic E-state index is 5.77. The Morgan fingerprint density at radius 1 is 1.33 bits per heavy atom. The van der Waals surface area contributed by atoms with Crippen LogP contribution < -0.4 is 5.73 Å². The van der Waals surface area contributed by atoms with Crippen LogP contribution in [0, 0.1) is 6.92 Å². The zero-order valence-electron chi connectivity index (χ0n) is 9.36. The fourth-order valence-electron chi connectivity index (χ4n) is 1.21. The summed E-state index contributed by atoms with van der Waals surface area (Å²) in [6.45, 7) is 6.70. The Morgan fingerprint density at radius 2 is 1.93 bits per heavy atom. The molecular weight excluding hydrogens is 194 g/mol. The van der Waals surface area contributed by atoms with Crippen LogP contribution in [0.5, 0.6) is 0 Å². The minimum absolute atomic E-state index is 0.411. The third-order valence-electron chi connectivity index (χ3n) is 1.86. The van der Waals surface area contributed by atoms with Gasteiger partial charge in [-0.3, -0.25) is 0 Å². The SMILES string of the molecule is CCOC(OCC)c1cnc(C)nc1N. The normalized spacial score (nSPS) is 10.9. The predicted molar refractivity (Wildman–Crippen MR) is 57.2 cm³/mol. The quantitative estimate of drug-likeness (QED) is 0.746. The number of hydrogen-bond donors (Lipinski definition) is 1. The number of nitrogens with zero attached hydrogens (tertiary/aromatic N) is 2. The molecule has 5 heteroatoms. The molecule has 84 valence electrons. The lowest BCUT2D eigenvalue weighted by Gasteiger charge is -2.17. The van der Waals surface area contributed by atoms with Crippen molar-refractivity contribution in [3.8, 4) is 0 Å². The van der Waals surface area contributed by atoms with Crippen LogP contribution in [0.3, 0.4) is 0 Å². The summed E-state index contributed by atoms with van der Waals surface area (Å²) >= 11 is 0. The van der Waals surface area contributed by atoms with Gasteiger partial charge in [-0.15, -0.1) is 0 Å². The number of rotatable bonds is 5. The first-order valence-corrected chi connectivity index (χ1v) is 5.01. The maximum absolute atomic E-state index is 5.77. The molecule has 0 fully saturated rings. The zero-order chi connectivity index (χ0) is 11.3. The van der Waals surface area contributed by atoms with Crippen molar-refractivity contribution in [3.63, 3.8) is 0 Å². The van der Waals surface area contributed by atoms with Crippen molar-refractivity contribution >= 4 is 5.82 Å². The molecule has 0 amide bonds. The molecule has 1 aromatic heterocycles. The van der Waals surface area contributed by atoms with E-state index in [1.807, 2.05) is 13.8 Å². The molecule has 0 aliphatic heterocycles. The van der Waals surface area contributed by atoms with Crippen LogP contribution in [-0.2, 0) is 9.47 Å². The molecule has 0 aromatic carbocycles. The Balaban J connectivity index is 2.89. The van der Waals surface area contributed by atoms with Crippen molar-refractivity contribution in [2.24, 2.45) is 0 Å². The largest absolute Gasteiger partial charge is 0.383 e. The van der Waals surface area contributed by atoms with E-state index in [0.717, 1.165) is 0 Å². The first-order chi connectivity index (χ1) is 7.19. The van der Waals surface area contributed by atoms with Crippen LogP contribution in [0.15, 0.2) is 6.20 Å². The Labute approximate surface area is 89.6 Å². The minimum Gasteiger partial charge on any atom is -0.383 e. The van der Waals surface area contributed by atoms with Gasteiger partial charge in [-0.25, -0.2) is 9.97 Å².